The maximum atomic E-state index is 12.4. The van der Waals surface area contributed by atoms with Crippen molar-refractivity contribution in [3.63, 3.8) is 0 Å². The topological polar surface area (TPSA) is 83.3 Å². The summed E-state index contributed by atoms with van der Waals surface area (Å²) < 4.78 is 1.54. The Bertz CT molecular complexity index is 1210. The molecule has 0 bridgehead atoms. The summed E-state index contributed by atoms with van der Waals surface area (Å²) in [6.45, 7) is 5.58. The van der Waals surface area contributed by atoms with Crippen molar-refractivity contribution < 1.29 is 5.11 Å². The van der Waals surface area contributed by atoms with Crippen molar-refractivity contribution in [3.05, 3.63) is 74.0 Å². The minimum Gasteiger partial charge on any atom is -0.391 e. The average molecular weight is 422 g/mol. The Morgan fingerprint density at radius 1 is 1.30 bits per heavy atom. The van der Waals surface area contributed by atoms with E-state index in [1.807, 2.05) is 31.3 Å². The van der Waals surface area contributed by atoms with Gasteiger partial charge < -0.3 is 5.11 Å². The first-order chi connectivity index (χ1) is 14.5. The van der Waals surface area contributed by atoms with Gasteiger partial charge in [0.2, 0.25) is 0 Å². The van der Waals surface area contributed by atoms with Gasteiger partial charge in [0.25, 0.3) is 5.56 Å². The van der Waals surface area contributed by atoms with E-state index in [-0.39, 0.29) is 18.3 Å². The second kappa shape index (κ2) is 7.46. The molecular weight excluding hydrogens is 398 g/mol. The van der Waals surface area contributed by atoms with E-state index in [2.05, 4.69) is 28.3 Å². The molecule has 2 aliphatic heterocycles. The molecule has 0 aromatic carbocycles. The largest absolute Gasteiger partial charge is 0.391 e. The fourth-order valence-electron chi connectivity index (χ4n) is 4.14. The lowest BCUT2D eigenvalue weighted by molar-refractivity contribution is 0.205. The number of aliphatic hydroxyl groups is 1. The van der Waals surface area contributed by atoms with Gasteiger partial charge in [0.15, 0.2) is 5.82 Å². The molecule has 30 heavy (non-hydrogen) atoms. The minimum atomic E-state index is -0.0926. The molecule has 5 rings (SSSR count). The molecule has 0 saturated carbocycles. The van der Waals surface area contributed by atoms with E-state index in [1.54, 1.807) is 17.4 Å². The zero-order chi connectivity index (χ0) is 20.8. The normalized spacial score (nSPS) is 18.4. The Kier molecular flexibility index (Phi) is 4.77. The smallest absolute Gasteiger partial charge is 0.272 e. The van der Waals surface area contributed by atoms with Crippen molar-refractivity contribution in [2.75, 3.05) is 12.0 Å². The Morgan fingerprint density at radius 2 is 2.17 bits per heavy atom. The van der Waals surface area contributed by atoms with Gasteiger partial charge in [0.1, 0.15) is 6.17 Å². The highest BCUT2D eigenvalue weighted by Crippen LogP contribution is 2.31. The summed E-state index contributed by atoms with van der Waals surface area (Å²) in [6.07, 6.45) is 4.71. The number of rotatable bonds is 3. The molecule has 0 saturated heterocycles. The summed E-state index contributed by atoms with van der Waals surface area (Å²) in [6, 6.07) is 7.74. The second-order valence-corrected chi connectivity index (χ2v) is 8.99. The molecule has 2 N–H and O–H groups in total. The van der Waals surface area contributed by atoms with E-state index >= 15 is 0 Å². The number of aryl methyl sites for hydroxylation is 1. The van der Waals surface area contributed by atoms with E-state index in [1.165, 1.54) is 10.2 Å². The molecule has 154 valence electrons. The molecule has 8 heteroatoms. The molecular formula is C22H23N5O2S. The number of aliphatic hydroxyl groups excluding tert-OH is 1. The zero-order valence-electron chi connectivity index (χ0n) is 16.9. The van der Waals surface area contributed by atoms with Crippen molar-refractivity contribution in [1.29, 1.82) is 0 Å². The quantitative estimate of drug-likeness (QED) is 0.676. The van der Waals surface area contributed by atoms with Crippen molar-refractivity contribution in [1.82, 2.24) is 19.5 Å². The number of pyridine rings is 1. The van der Waals surface area contributed by atoms with Crippen LogP contribution in [0.4, 0.5) is 0 Å². The first-order valence-corrected chi connectivity index (χ1v) is 10.8. The predicted molar refractivity (Wildman–Crippen MR) is 118 cm³/mol. The number of aromatic nitrogens is 3. The van der Waals surface area contributed by atoms with Crippen LogP contribution in [-0.2, 0) is 19.6 Å². The van der Waals surface area contributed by atoms with Gasteiger partial charge in [-0.15, -0.1) is 11.3 Å². The van der Waals surface area contributed by atoms with E-state index in [0.717, 1.165) is 51.8 Å². The van der Waals surface area contributed by atoms with Gasteiger partial charge >= 0.3 is 0 Å². The molecule has 3 aromatic heterocycles. The lowest BCUT2D eigenvalue weighted by Crippen LogP contribution is -2.51. The Hall–Kier alpha value is -2.81. The van der Waals surface area contributed by atoms with Crippen LogP contribution in [0.2, 0.25) is 0 Å². The van der Waals surface area contributed by atoms with E-state index in [9.17, 15) is 9.90 Å². The van der Waals surface area contributed by atoms with Gasteiger partial charge in [-0.2, -0.15) is 0 Å². The number of hydrogen-bond donors (Lipinski definition) is 2. The molecule has 0 fully saturated rings. The highest BCUT2D eigenvalue weighted by Gasteiger charge is 2.29. The van der Waals surface area contributed by atoms with Gasteiger partial charge in [-0.3, -0.25) is 20.1 Å². The van der Waals surface area contributed by atoms with Gasteiger partial charge in [-0.1, -0.05) is 0 Å². The van der Waals surface area contributed by atoms with Crippen LogP contribution in [0.5, 0.6) is 0 Å². The molecule has 0 amide bonds. The summed E-state index contributed by atoms with van der Waals surface area (Å²) in [4.78, 5) is 26.0. The molecule has 2 aliphatic rings. The fraction of sp³-hybridized carbons (Fsp3) is 0.318. The van der Waals surface area contributed by atoms with Crippen LogP contribution >= 0.6 is 11.3 Å². The minimum absolute atomic E-state index is 0.0605. The zero-order valence-corrected chi connectivity index (χ0v) is 17.7. The number of thiophene rings is 1. The van der Waals surface area contributed by atoms with Crippen LogP contribution in [0.1, 0.15) is 34.6 Å². The summed E-state index contributed by atoms with van der Waals surface area (Å²) in [5.41, 5.74) is 8.51. The number of fused-ring (bicyclic) bond motifs is 2. The van der Waals surface area contributed by atoms with E-state index in [0.29, 0.717) is 5.82 Å². The number of nitrogens with zero attached hydrogens (tertiary/aromatic N) is 4. The van der Waals surface area contributed by atoms with Crippen LogP contribution in [0.3, 0.4) is 0 Å². The van der Waals surface area contributed by atoms with Crippen LogP contribution < -0.4 is 11.0 Å². The molecule has 0 radical (unpaired) electrons. The average Bonchev–Trinajstić information content (AvgIpc) is 3.22. The molecule has 1 atom stereocenters. The maximum absolute atomic E-state index is 12.4. The van der Waals surface area contributed by atoms with E-state index in [4.69, 9.17) is 4.98 Å². The van der Waals surface area contributed by atoms with Crippen LogP contribution in [0.15, 0.2) is 40.8 Å². The standard InChI is InChI=1S/C22H23N5O2S/c1-13-7-20-24-14(2)8-21(29)27(20)25-22(13)26-6-5-18-16(11-26)9-15(10-23-18)19-4-3-17(12-28)30-19/h3-4,7-10,22,25,28H,5-6,11-12H2,1-2H3. The van der Waals surface area contributed by atoms with Gasteiger partial charge in [-0.05, 0) is 49.3 Å². The summed E-state index contributed by atoms with van der Waals surface area (Å²) in [5.74, 6) is 0.646. The third-order valence-corrected chi connectivity index (χ3v) is 6.77. The van der Waals surface area contributed by atoms with Crippen LogP contribution in [-0.4, -0.2) is 37.4 Å². The van der Waals surface area contributed by atoms with Crippen molar-refractivity contribution >= 4 is 17.4 Å². The highest BCUT2D eigenvalue weighted by atomic mass is 32.1. The molecule has 7 nitrogen and oxygen atoms in total. The van der Waals surface area contributed by atoms with Crippen LogP contribution in [0.25, 0.3) is 16.5 Å². The Balaban J connectivity index is 1.43. The Labute approximate surface area is 178 Å². The SMILES string of the molecule is CC1=Cc2nc(C)cc(=O)n2NC1N1CCc2ncc(-c3ccc(CO)s3)cc2C1. The predicted octanol–water partition coefficient (Wildman–Crippen LogP) is 2.51. The fourth-order valence-corrected chi connectivity index (χ4v) is 4.99. The van der Waals surface area contributed by atoms with E-state index < -0.39 is 0 Å². The van der Waals surface area contributed by atoms with Gasteiger partial charge in [0, 0.05) is 58.5 Å². The Morgan fingerprint density at radius 3 is 2.97 bits per heavy atom. The highest BCUT2D eigenvalue weighted by molar-refractivity contribution is 7.15. The monoisotopic (exact) mass is 421 g/mol. The van der Waals surface area contributed by atoms with Crippen LogP contribution in [0, 0.1) is 6.92 Å². The summed E-state index contributed by atoms with van der Waals surface area (Å²) in [5, 5.41) is 9.35. The molecule has 0 spiro atoms. The molecule has 1 unspecified atom stereocenters. The first-order valence-electron chi connectivity index (χ1n) is 9.99. The third-order valence-electron chi connectivity index (χ3n) is 5.65. The lowest BCUT2D eigenvalue weighted by Gasteiger charge is -2.38. The van der Waals surface area contributed by atoms with Gasteiger partial charge in [0.05, 0.1) is 6.61 Å². The first kappa shape index (κ1) is 19.2. The van der Waals surface area contributed by atoms with Crippen molar-refractivity contribution in [3.8, 4) is 10.4 Å². The van der Waals surface area contributed by atoms with Crippen molar-refractivity contribution in [2.24, 2.45) is 0 Å². The second-order valence-electron chi connectivity index (χ2n) is 7.82. The number of hydrogen-bond acceptors (Lipinski definition) is 7. The number of nitrogens with one attached hydrogen (secondary N) is 1. The molecule has 5 heterocycles. The lowest BCUT2D eigenvalue weighted by atomic mass is 10.0. The summed E-state index contributed by atoms with van der Waals surface area (Å²) in [7, 11) is 0. The molecule has 0 aliphatic carbocycles. The summed E-state index contributed by atoms with van der Waals surface area (Å²) >= 11 is 1.59. The third kappa shape index (κ3) is 3.36. The van der Waals surface area contributed by atoms with Crippen molar-refractivity contribution in [2.45, 2.75) is 39.6 Å². The molecule has 3 aromatic rings. The maximum Gasteiger partial charge on any atom is 0.272 e. The van der Waals surface area contributed by atoms with Gasteiger partial charge in [-0.25, -0.2) is 9.66 Å².